The molecule has 0 aromatic heterocycles. The molecule has 0 aliphatic carbocycles. The van der Waals surface area contributed by atoms with Crippen molar-refractivity contribution in [3.63, 3.8) is 0 Å². The summed E-state index contributed by atoms with van der Waals surface area (Å²) in [7, 11) is 1.60. The predicted octanol–water partition coefficient (Wildman–Crippen LogP) is 3.54. The van der Waals surface area contributed by atoms with E-state index in [1.54, 1.807) is 7.11 Å². The molecule has 0 saturated heterocycles. The van der Waals surface area contributed by atoms with Gasteiger partial charge in [0.15, 0.2) is 0 Å². The van der Waals surface area contributed by atoms with Crippen LogP contribution in [-0.2, 0) is 0 Å². The zero-order valence-electron chi connectivity index (χ0n) is 11.0. The van der Waals surface area contributed by atoms with Crippen LogP contribution in [-0.4, -0.2) is 7.11 Å². The number of methoxy groups -OCH3 is 1. The Kier molecular flexibility index (Phi) is 4.17. The van der Waals surface area contributed by atoms with E-state index in [1.165, 1.54) is 0 Å². The first-order valence-electron chi connectivity index (χ1n) is 6.04. The van der Waals surface area contributed by atoms with E-state index >= 15 is 0 Å². The first kappa shape index (κ1) is 13.4. The smallest absolute Gasteiger partial charge is 0.138 e. The van der Waals surface area contributed by atoms with E-state index in [2.05, 4.69) is 0 Å². The molecule has 0 aliphatic heterocycles. The summed E-state index contributed by atoms with van der Waals surface area (Å²) in [5.41, 5.74) is 2.39. The van der Waals surface area contributed by atoms with Gasteiger partial charge in [0.2, 0.25) is 0 Å². The molecule has 20 heavy (non-hydrogen) atoms. The Morgan fingerprint density at radius 1 is 0.850 bits per heavy atom. The van der Waals surface area contributed by atoms with Gasteiger partial charge in [0, 0.05) is 5.57 Å². The molecular weight excluding hydrogens is 248 g/mol. The van der Waals surface area contributed by atoms with E-state index in [0.29, 0.717) is 5.57 Å². The highest BCUT2D eigenvalue weighted by atomic mass is 16.5. The van der Waals surface area contributed by atoms with Gasteiger partial charge in [0.1, 0.15) is 23.5 Å². The summed E-state index contributed by atoms with van der Waals surface area (Å²) in [6.45, 7) is 0. The lowest BCUT2D eigenvalue weighted by atomic mass is 9.94. The molecule has 2 aromatic rings. The van der Waals surface area contributed by atoms with Gasteiger partial charge in [0.05, 0.1) is 7.11 Å². The van der Waals surface area contributed by atoms with Crippen LogP contribution < -0.4 is 4.74 Å². The molecule has 2 aromatic carbocycles. The SMILES string of the molecule is COc1ccc(C(=C(C#N)C#N)c2ccccc2)cc1. The van der Waals surface area contributed by atoms with Gasteiger partial charge in [-0.3, -0.25) is 0 Å². The van der Waals surface area contributed by atoms with Crippen LogP contribution in [0.2, 0.25) is 0 Å². The van der Waals surface area contributed by atoms with Crippen molar-refractivity contribution in [1.29, 1.82) is 10.5 Å². The molecule has 0 amide bonds. The fourth-order valence-electron chi connectivity index (χ4n) is 1.95. The zero-order chi connectivity index (χ0) is 14.4. The van der Waals surface area contributed by atoms with Crippen LogP contribution in [0.25, 0.3) is 5.57 Å². The Bertz CT molecular complexity index is 685. The van der Waals surface area contributed by atoms with Gasteiger partial charge in [-0.25, -0.2) is 0 Å². The number of hydrogen-bond acceptors (Lipinski definition) is 3. The monoisotopic (exact) mass is 260 g/mol. The maximum atomic E-state index is 9.16. The zero-order valence-corrected chi connectivity index (χ0v) is 11.0. The van der Waals surface area contributed by atoms with Crippen molar-refractivity contribution in [2.75, 3.05) is 7.11 Å². The molecule has 0 bridgehead atoms. The Hall–Kier alpha value is -3.04. The Morgan fingerprint density at radius 2 is 1.40 bits per heavy atom. The molecule has 0 N–H and O–H groups in total. The summed E-state index contributed by atoms with van der Waals surface area (Å²) in [5, 5.41) is 18.3. The number of benzene rings is 2. The highest BCUT2D eigenvalue weighted by molar-refractivity contribution is 5.86. The lowest BCUT2D eigenvalue weighted by Crippen LogP contribution is -1.93. The van der Waals surface area contributed by atoms with Gasteiger partial charge in [-0.2, -0.15) is 10.5 Å². The number of hydrogen-bond donors (Lipinski definition) is 0. The van der Waals surface area contributed by atoms with Crippen molar-refractivity contribution < 1.29 is 4.74 Å². The van der Waals surface area contributed by atoms with Gasteiger partial charge in [0.25, 0.3) is 0 Å². The van der Waals surface area contributed by atoms with Crippen molar-refractivity contribution >= 4 is 5.57 Å². The summed E-state index contributed by atoms with van der Waals surface area (Å²) in [5.74, 6) is 0.733. The molecule has 0 aliphatic rings. The normalized spacial score (nSPS) is 9.15. The van der Waals surface area contributed by atoms with Gasteiger partial charge in [-0.15, -0.1) is 0 Å². The van der Waals surface area contributed by atoms with Crippen LogP contribution in [0.4, 0.5) is 0 Å². The molecule has 0 unspecified atom stereocenters. The minimum Gasteiger partial charge on any atom is -0.497 e. The number of ether oxygens (including phenoxy) is 1. The Balaban J connectivity index is 2.62. The molecule has 2 rings (SSSR count). The molecular formula is C17H12N2O. The topological polar surface area (TPSA) is 56.8 Å². The Morgan fingerprint density at radius 3 is 1.90 bits per heavy atom. The van der Waals surface area contributed by atoms with Crippen LogP contribution in [0.15, 0.2) is 60.2 Å². The average Bonchev–Trinajstić information content (AvgIpc) is 2.53. The summed E-state index contributed by atoms with van der Waals surface area (Å²) >= 11 is 0. The van der Waals surface area contributed by atoms with E-state index < -0.39 is 0 Å². The molecule has 0 fully saturated rings. The van der Waals surface area contributed by atoms with Crippen LogP contribution in [0, 0.1) is 22.7 Å². The third-order valence-corrected chi connectivity index (χ3v) is 2.91. The number of allylic oxidation sites excluding steroid dienone is 1. The van der Waals surface area contributed by atoms with Crippen LogP contribution in [0.3, 0.4) is 0 Å². The van der Waals surface area contributed by atoms with E-state index in [1.807, 2.05) is 66.7 Å². The van der Waals surface area contributed by atoms with Gasteiger partial charge < -0.3 is 4.74 Å². The van der Waals surface area contributed by atoms with Crippen LogP contribution in [0.5, 0.6) is 5.75 Å². The molecule has 3 nitrogen and oxygen atoms in total. The summed E-state index contributed by atoms with van der Waals surface area (Å²) in [6, 6.07) is 20.7. The van der Waals surface area contributed by atoms with Gasteiger partial charge in [-0.1, -0.05) is 42.5 Å². The highest BCUT2D eigenvalue weighted by Gasteiger charge is 2.11. The second-order valence-corrected chi connectivity index (χ2v) is 4.07. The molecule has 0 heterocycles. The summed E-state index contributed by atoms with van der Waals surface area (Å²) in [6.07, 6.45) is 0. The fraction of sp³-hybridized carbons (Fsp3) is 0.0588. The maximum Gasteiger partial charge on any atom is 0.138 e. The van der Waals surface area contributed by atoms with E-state index in [9.17, 15) is 0 Å². The third-order valence-electron chi connectivity index (χ3n) is 2.91. The van der Waals surface area contributed by atoms with E-state index in [0.717, 1.165) is 16.9 Å². The largest absolute Gasteiger partial charge is 0.497 e. The van der Waals surface area contributed by atoms with Crippen molar-refractivity contribution in [3.8, 4) is 17.9 Å². The van der Waals surface area contributed by atoms with Gasteiger partial charge in [-0.05, 0) is 23.3 Å². The van der Waals surface area contributed by atoms with Crippen molar-refractivity contribution in [1.82, 2.24) is 0 Å². The number of nitriles is 2. The van der Waals surface area contributed by atoms with Crippen LogP contribution >= 0.6 is 0 Å². The van der Waals surface area contributed by atoms with E-state index in [4.69, 9.17) is 15.3 Å². The number of nitrogens with zero attached hydrogens (tertiary/aromatic N) is 2. The lowest BCUT2D eigenvalue weighted by molar-refractivity contribution is 0.415. The average molecular weight is 260 g/mol. The second-order valence-electron chi connectivity index (χ2n) is 4.07. The summed E-state index contributed by atoms with van der Waals surface area (Å²) < 4.78 is 5.12. The third kappa shape index (κ3) is 2.68. The minimum atomic E-state index is 0.0985. The molecule has 96 valence electrons. The van der Waals surface area contributed by atoms with Crippen molar-refractivity contribution in [2.45, 2.75) is 0 Å². The standard InChI is InChI=1S/C17H12N2O/c1-20-16-9-7-14(8-10-16)17(15(11-18)12-19)13-5-3-2-4-6-13/h2-10H,1H3. The minimum absolute atomic E-state index is 0.0985. The first-order valence-corrected chi connectivity index (χ1v) is 6.04. The van der Waals surface area contributed by atoms with Crippen molar-refractivity contribution in [3.05, 3.63) is 71.3 Å². The maximum absolute atomic E-state index is 9.16. The van der Waals surface area contributed by atoms with E-state index in [-0.39, 0.29) is 5.57 Å². The Labute approximate surface area is 118 Å². The second kappa shape index (κ2) is 6.22. The van der Waals surface area contributed by atoms with Crippen LogP contribution in [0.1, 0.15) is 11.1 Å². The number of rotatable bonds is 3. The summed E-state index contributed by atoms with van der Waals surface area (Å²) in [4.78, 5) is 0. The molecule has 0 atom stereocenters. The highest BCUT2D eigenvalue weighted by Crippen LogP contribution is 2.28. The first-order chi connectivity index (χ1) is 9.80. The van der Waals surface area contributed by atoms with Gasteiger partial charge >= 0.3 is 0 Å². The lowest BCUT2D eigenvalue weighted by Gasteiger charge is -2.09. The quantitative estimate of drug-likeness (QED) is 0.793. The fourth-order valence-corrected chi connectivity index (χ4v) is 1.95. The van der Waals surface area contributed by atoms with Crippen molar-refractivity contribution in [2.24, 2.45) is 0 Å². The molecule has 3 heteroatoms. The molecule has 0 radical (unpaired) electrons. The molecule has 0 saturated carbocycles. The predicted molar refractivity (Wildman–Crippen MR) is 76.7 cm³/mol. The molecule has 0 spiro atoms.